The lowest BCUT2D eigenvalue weighted by Crippen LogP contribution is -1.96. The summed E-state index contributed by atoms with van der Waals surface area (Å²) >= 11 is 0. The second-order valence-electron chi connectivity index (χ2n) is 8.46. The van der Waals surface area contributed by atoms with Gasteiger partial charge in [-0.2, -0.15) is 0 Å². The second-order valence-corrected chi connectivity index (χ2v) is 8.46. The number of benzene rings is 1. The summed E-state index contributed by atoms with van der Waals surface area (Å²) in [5.74, 6) is 0. The topological polar surface area (TPSA) is 12.9 Å². The minimum atomic E-state index is 0.989. The second kappa shape index (κ2) is 13.4. The fourth-order valence-electron chi connectivity index (χ4n) is 3.37. The molecule has 0 saturated carbocycles. The van der Waals surface area contributed by atoms with Crippen LogP contribution in [0.1, 0.15) is 71.2 Å². The third-order valence-corrected chi connectivity index (χ3v) is 5.72. The van der Waals surface area contributed by atoms with Crippen LogP contribution in [-0.4, -0.2) is 4.98 Å². The van der Waals surface area contributed by atoms with E-state index in [1.165, 1.54) is 27.8 Å². The van der Waals surface area contributed by atoms with E-state index < -0.39 is 0 Å². The highest BCUT2D eigenvalue weighted by molar-refractivity contribution is 5.82. The molecule has 1 heterocycles. The van der Waals surface area contributed by atoms with Crippen molar-refractivity contribution in [1.29, 1.82) is 0 Å². The molecule has 2 rings (SSSR count). The molecule has 0 unspecified atom stereocenters. The van der Waals surface area contributed by atoms with Crippen molar-refractivity contribution in [1.82, 2.24) is 4.98 Å². The molecule has 0 N–H and O–H groups in total. The number of nitrogens with zero attached hydrogens (tertiary/aromatic N) is 1. The van der Waals surface area contributed by atoms with Gasteiger partial charge in [-0.15, -0.1) is 0 Å². The summed E-state index contributed by atoms with van der Waals surface area (Å²) < 4.78 is 0. The number of rotatable bonds is 9. The molecule has 0 spiro atoms. The van der Waals surface area contributed by atoms with E-state index in [0.717, 1.165) is 35.4 Å². The first-order valence-electron chi connectivity index (χ1n) is 12.0. The monoisotopic (exact) mass is 437 g/mol. The van der Waals surface area contributed by atoms with Gasteiger partial charge in [-0.3, -0.25) is 0 Å². The number of hydrogen-bond donors (Lipinski definition) is 0. The van der Waals surface area contributed by atoms with Crippen LogP contribution in [0.25, 0.3) is 22.4 Å². The molecule has 0 aliphatic carbocycles. The number of aromatic nitrogens is 1. The van der Waals surface area contributed by atoms with Gasteiger partial charge in [-0.05, 0) is 76.8 Å². The summed E-state index contributed by atoms with van der Waals surface area (Å²) in [5.41, 5.74) is 10.6. The van der Waals surface area contributed by atoms with Crippen molar-refractivity contribution < 1.29 is 0 Å². The van der Waals surface area contributed by atoms with E-state index in [0.29, 0.717) is 0 Å². The lowest BCUT2D eigenvalue weighted by Gasteiger charge is -2.12. The molecule has 0 radical (unpaired) electrons. The third-order valence-electron chi connectivity index (χ3n) is 5.72. The normalized spacial score (nSPS) is 14.0. The molecule has 1 nitrogen and oxygen atoms in total. The first-order valence-corrected chi connectivity index (χ1v) is 12.0. The maximum absolute atomic E-state index is 5.11. The van der Waals surface area contributed by atoms with E-state index in [9.17, 15) is 0 Å². The smallest absolute Gasteiger partial charge is 0.0715 e. The van der Waals surface area contributed by atoms with Gasteiger partial charge in [-0.25, -0.2) is 4.98 Å². The average Bonchev–Trinajstić information content (AvgIpc) is 2.83. The summed E-state index contributed by atoms with van der Waals surface area (Å²) in [6.07, 6.45) is 19.4. The van der Waals surface area contributed by atoms with Crippen molar-refractivity contribution in [2.24, 2.45) is 0 Å². The minimum absolute atomic E-state index is 0.989. The summed E-state index contributed by atoms with van der Waals surface area (Å²) in [6.45, 7) is 15.0. The fourth-order valence-corrected chi connectivity index (χ4v) is 3.37. The molecular formula is C32H39N. The molecule has 1 heteroatoms. The zero-order valence-corrected chi connectivity index (χ0v) is 21.4. The van der Waals surface area contributed by atoms with Gasteiger partial charge >= 0.3 is 0 Å². The molecule has 0 atom stereocenters. The van der Waals surface area contributed by atoms with Crippen molar-refractivity contribution in [3.8, 4) is 11.3 Å². The van der Waals surface area contributed by atoms with Crippen LogP contribution < -0.4 is 0 Å². The maximum atomic E-state index is 5.11. The van der Waals surface area contributed by atoms with Crippen LogP contribution in [0.5, 0.6) is 0 Å². The Hall–Kier alpha value is -3.19. The number of pyridine rings is 1. The number of hydrogen-bond acceptors (Lipinski definition) is 1. The summed E-state index contributed by atoms with van der Waals surface area (Å²) in [7, 11) is 0. The molecule has 2 aromatic rings. The lowest BCUT2D eigenvalue weighted by atomic mass is 9.97. The van der Waals surface area contributed by atoms with Crippen LogP contribution in [0.15, 0.2) is 96.2 Å². The van der Waals surface area contributed by atoms with E-state index in [4.69, 9.17) is 4.98 Å². The van der Waals surface area contributed by atoms with Crippen LogP contribution in [0.3, 0.4) is 0 Å². The van der Waals surface area contributed by atoms with Crippen LogP contribution in [-0.2, 0) is 0 Å². The standard InChI is InChI=1S/C32H39N/c1-8-12-17-28(20-25(6)10-3)31-22-30(27(11-4)18-13-15-24(5)9-2)23-32(33-31)29-19-14-16-26(7)21-29/h8,11-23H,9-10H2,1-7H3/b12-8-,18-13-,24-15?,25-20?,27-11+,28-17+. The zero-order chi connectivity index (χ0) is 24.2. The molecule has 33 heavy (non-hydrogen) atoms. The first kappa shape index (κ1) is 26.1. The van der Waals surface area contributed by atoms with Gasteiger partial charge < -0.3 is 0 Å². The third kappa shape index (κ3) is 8.02. The van der Waals surface area contributed by atoms with E-state index >= 15 is 0 Å². The van der Waals surface area contributed by atoms with Crippen LogP contribution in [0.4, 0.5) is 0 Å². The highest BCUT2D eigenvalue weighted by atomic mass is 14.7. The highest BCUT2D eigenvalue weighted by Gasteiger charge is 2.10. The van der Waals surface area contributed by atoms with Crippen molar-refractivity contribution in [3.05, 3.63) is 113 Å². The molecule has 172 valence electrons. The predicted octanol–water partition coefficient (Wildman–Crippen LogP) is 9.69. The molecule has 1 aromatic carbocycles. The van der Waals surface area contributed by atoms with Crippen LogP contribution in [0, 0.1) is 6.92 Å². The van der Waals surface area contributed by atoms with Crippen molar-refractivity contribution >= 4 is 11.1 Å². The summed E-state index contributed by atoms with van der Waals surface area (Å²) in [6, 6.07) is 13.0. The van der Waals surface area contributed by atoms with Gasteiger partial charge in [0.05, 0.1) is 11.4 Å². The van der Waals surface area contributed by atoms with Gasteiger partial charge in [0.2, 0.25) is 0 Å². The Morgan fingerprint density at radius 3 is 2.27 bits per heavy atom. The Balaban J connectivity index is 2.73. The maximum Gasteiger partial charge on any atom is 0.0715 e. The summed E-state index contributed by atoms with van der Waals surface area (Å²) in [4.78, 5) is 5.11. The predicted molar refractivity (Wildman–Crippen MR) is 148 cm³/mol. The van der Waals surface area contributed by atoms with Crippen LogP contribution in [0.2, 0.25) is 0 Å². The molecule has 0 saturated heterocycles. The Kier molecular flexibility index (Phi) is 10.6. The van der Waals surface area contributed by atoms with E-state index in [1.807, 2.05) is 6.92 Å². The molecule has 0 amide bonds. The largest absolute Gasteiger partial charge is 0.248 e. The molecular weight excluding hydrogens is 398 g/mol. The molecule has 0 aliphatic heterocycles. The lowest BCUT2D eigenvalue weighted by molar-refractivity contribution is 1.10. The van der Waals surface area contributed by atoms with Gasteiger partial charge in [-0.1, -0.05) is 97.4 Å². The number of allylic oxidation sites excluding steroid dienone is 12. The Morgan fingerprint density at radius 2 is 1.64 bits per heavy atom. The van der Waals surface area contributed by atoms with E-state index in [-0.39, 0.29) is 0 Å². The zero-order valence-electron chi connectivity index (χ0n) is 21.4. The molecule has 1 aromatic heterocycles. The van der Waals surface area contributed by atoms with Gasteiger partial charge in [0.15, 0.2) is 0 Å². The van der Waals surface area contributed by atoms with Crippen molar-refractivity contribution in [3.63, 3.8) is 0 Å². The van der Waals surface area contributed by atoms with Gasteiger partial charge in [0, 0.05) is 11.1 Å². The van der Waals surface area contributed by atoms with Gasteiger partial charge in [0.25, 0.3) is 0 Å². The Morgan fingerprint density at radius 1 is 0.879 bits per heavy atom. The molecule has 0 aliphatic rings. The first-order chi connectivity index (χ1) is 15.9. The Bertz CT molecular complexity index is 1120. The summed E-state index contributed by atoms with van der Waals surface area (Å²) in [5, 5.41) is 0. The average molecular weight is 438 g/mol. The Labute approximate surface area is 201 Å². The van der Waals surface area contributed by atoms with Gasteiger partial charge in [0.1, 0.15) is 0 Å². The highest BCUT2D eigenvalue weighted by Crippen LogP contribution is 2.28. The van der Waals surface area contributed by atoms with E-state index in [2.05, 4.69) is 127 Å². The van der Waals surface area contributed by atoms with Crippen molar-refractivity contribution in [2.75, 3.05) is 0 Å². The fraction of sp³-hybridized carbons (Fsp3) is 0.281. The SMILES string of the molecule is C/C=C\C=C(/C=C(C)CC)c1cc(C(/C=C\C=C(C)CC)=C/C)cc(-c2cccc(C)c2)n1. The molecule has 0 fully saturated rings. The minimum Gasteiger partial charge on any atom is -0.248 e. The quantitative estimate of drug-likeness (QED) is 0.356. The van der Waals surface area contributed by atoms with Crippen LogP contribution >= 0.6 is 0 Å². The van der Waals surface area contributed by atoms with Crippen molar-refractivity contribution in [2.45, 2.75) is 61.3 Å². The number of aryl methyl sites for hydroxylation is 1. The van der Waals surface area contributed by atoms with E-state index in [1.54, 1.807) is 0 Å². The molecule has 0 bridgehead atoms.